The zero-order valence-electron chi connectivity index (χ0n) is 13.7. The van der Waals surface area contributed by atoms with Crippen LogP contribution in [-0.4, -0.2) is 43.4 Å². The third-order valence-electron chi connectivity index (χ3n) is 4.18. The highest BCUT2D eigenvalue weighted by atomic mass is 35.5. The number of halogens is 1. The minimum Gasteiger partial charge on any atom is -0.356 e. The first-order valence-electron chi connectivity index (χ1n) is 7.90. The molecule has 6 heteroatoms. The summed E-state index contributed by atoms with van der Waals surface area (Å²) in [5, 5.41) is 5.97. The van der Waals surface area contributed by atoms with Crippen molar-refractivity contribution in [2.24, 2.45) is 5.92 Å². The summed E-state index contributed by atoms with van der Waals surface area (Å²) in [4.78, 5) is 26.2. The second-order valence-electron chi connectivity index (χ2n) is 5.78. The fourth-order valence-electron chi connectivity index (χ4n) is 2.81. The standard InChI is InChI=1S/C17H25N3O2.ClH/c1-13(14-7-4-3-5-8-14)20-12-15(11-16(20)21)17(22)19-10-6-9-18-2;/h3-5,7-8,13,15,18H,6,9-12H2,1-2H3,(H,19,22);1H. The molecule has 2 N–H and O–H groups in total. The Kier molecular flexibility index (Phi) is 8.06. The van der Waals surface area contributed by atoms with E-state index < -0.39 is 0 Å². The molecule has 1 fully saturated rings. The summed E-state index contributed by atoms with van der Waals surface area (Å²) < 4.78 is 0. The molecule has 0 spiro atoms. The molecule has 1 aliphatic rings. The maximum absolute atomic E-state index is 12.2. The number of nitrogens with one attached hydrogen (secondary N) is 2. The highest BCUT2D eigenvalue weighted by molar-refractivity contribution is 5.89. The molecular formula is C17H26ClN3O2. The minimum atomic E-state index is -0.228. The van der Waals surface area contributed by atoms with Crippen molar-refractivity contribution < 1.29 is 9.59 Å². The Morgan fingerprint density at radius 3 is 2.65 bits per heavy atom. The van der Waals surface area contributed by atoms with Crippen LogP contribution >= 0.6 is 12.4 Å². The molecule has 0 aliphatic carbocycles. The topological polar surface area (TPSA) is 61.4 Å². The molecular weight excluding hydrogens is 314 g/mol. The van der Waals surface area contributed by atoms with E-state index in [4.69, 9.17) is 0 Å². The zero-order valence-corrected chi connectivity index (χ0v) is 14.6. The van der Waals surface area contributed by atoms with E-state index in [1.807, 2.05) is 49.2 Å². The van der Waals surface area contributed by atoms with Crippen LogP contribution in [0.1, 0.15) is 31.4 Å². The molecule has 0 bridgehead atoms. The van der Waals surface area contributed by atoms with Crippen molar-refractivity contribution >= 4 is 24.2 Å². The highest BCUT2D eigenvalue weighted by Crippen LogP contribution is 2.28. The van der Waals surface area contributed by atoms with E-state index in [9.17, 15) is 9.59 Å². The molecule has 0 saturated carbocycles. The maximum Gasteiger partial charge on any atom is 0.225 e. The molecule has 1 heterocycles. The summed E-state index contributed by atoms with van der Waals surface area (Å²) in [5.41, 5.74) is 1.10. The van der Waals surface area contributed by atoms with Gasteiger partial charge in [-0.25, -0.2) is 0 Å². The molecule has 0 radical (unpaired) electrons. The van der Waals surface area contributed by atoms with Crippen molar-refractivity contribution in [2.75, 3.05) is 26.7 Å². The van der Waals surface area contributed by atoms with Gasteiger partial charge in [0, 0.05) is 19.5 Å². The monoisotopic (exact) mass is 339 g/mol. The molecule has 1 aromatic carbocycles. The Balaban J connectivity index is 0.00000264. The number of hydrogen-bond acceptors (Lipinski definition) is 3. The van der Waals surface area contributed by atoms with Crippen LogP contribution in [0.5, 0.6) is 0 Å². The third kappa shape index (κ3) is 5.22. The van der Waals surface area contributed by atoms with E-state index in [-0.39, 0.29) is 36.2 Å². The number of benzene rings is 1. The fraction of sp³-hybridized carbons (Fsp3) is 0.529. The van der Waals surface area contributed by atoms with Crippen LogP contribution in [0, 0.1) is 5.92 Å². The molecule has 2 rings (SSSR count). The van der Waals surface area contributed by atoms with Gasteiger partial charge in [-0.15, -0.1) is 12.4 Å². The second-order valence-corrected chi connectivity index (χ2v) is 5.78. The Labute approximate surface area is 144 Å². The molecule has 1 aromatic rings. The molecule has 128 valence electrons. The largest absolute Gasteiger partial charge is 0.356 e. The fourth-order valence-corrected chi connectivity index (χ4v) is 2.81. The van der Waals surface area contributed by atoms with Crippen LogP contribution in [0.4, 0.5) is 0 Å². The minimum absolute atomic E-state index is 0. The van der Waals surface area contributed by atoms with E-state index >= 15 is 0 Å². The number of rotatable bonds is 7. The van der Waals surface area contributed by atoms with Gasteiger partial charge in [-0.05, 0) is 32.5 Å². The van der Waals surface area contributed by atoms with Crippen LogP contribution in [0.2, 0.25) is 0 Å². The number of nitrogens with zero attached hydrogens (tertiary/aromatic N) is 1. The lowest BCUT2D eigenvalue weighted by Gasteiger charge is -2.25. The van der Waals surface area contributed by atoms with Crippen molar-refractivity contribution in [2.45, 2.75) is 25.8 Å². The van der Waals surface area contributed by atoms with Crippen LogP contribution < -0.4 is 10.6 Å². The summed E-state index contributed by atoms with van der Waals surface area (Å²) in [6.07, 6.45) is 1.21. The first kappa shape index (κ1) is 19.5. The number of carbonyl (C=O) groups excluding carboxylic acids is 2. The molecule has 23 heavy (non-hydrogen) atoms. The van der Waals surface area contributed by atoms with Crippen molar-refractivity contribution in [3.8, 4) is 0 Å². The Morgan fingerprint density at radius 1 is 1.30 bits per heavy atom. The molecule has 0 aromatic heterocycles. The SMILES string of the molecule is CNCCCNC(=O)C1CC(=O)N(C(C)c2ccccc2)C1.Cl. The quantitative estimate of drug-likeness (QED) is 0.744. The van der Waals surface area contributed by atoms with Crippen molar-refractivity contribution in [3.05, 3.63) is 35.9 Å². The first-order chi connectivity index (χ1) is 10.6. The Bertz CT molecular complexity index is 510. The Morgan fingerprint density at radius 2 is 2.00 bits per heavy atom. The lowest BCUT2D eigenvalue weighted by atomic mass is 10.1. The van der Waals surface area contributed by atoms with Crippen LogP contribution in [0.3, 0.4) is 0 Å². The van der Waals surface area contributed by atoms with Crippen molar-refractivity contribution in [1.29, 1.82) is 0 Å². The molecule has 2 atom stereocenters. The lowest BCUT2D eigenvalue weighted by Crippen LogP contribution is -2.34. The van der Waals surface area contributed by atoms with E-state index in [0.717, 1.165) is 18.5 Å². The van der Waals surface area contributed by atoms with Crippen LogP contribution in [0.15, 0.2) is 30.3 Å². The summed E-state index contributed by atoms with van der Waals surface area (Å²) in [6, 6.07) is 9.95. The zero-order chi connectivity index (χ0) is 15.9. The van der Waals surface area contributed by atoms with Gasteiger partial charge >= 0.3 is 0 Å². The molecule has 1 aliphatic heterocycles. The molecule has 5 nitrogen and oxygen atoms in total. The number of likely N-dealkylation sites (tertiary alicyclic amines) is 1. The summed E-state index contributed by atoms with van der Waals surface area (Å²) in [7, 11) is 1.89. The van der Waals surface area contributed by atoms with Gasteiger partial charge < -0.3 is 15.5 Å². The number of hydrogen-bond donors (Lipinski definition) is 2. The number of amides is 2. The normalized spacial score (nSPS) is 18.4. The van der Waals surface area contributed by atoms with Gasteiger partial charge in [-0.2, -0.15) is 0 Å². The van der Waals surface area contributed by atoms with E-state index in [1.54, 1.807) is 0 Å². The third-order valence-corrected chi connectivity index (χ3v) is 4.18. The smallest absolute Gasteiger partial charge is 0.225 e. The maximum atomic E-state index is 12.2. The van der Waals surface area contributed by atoms with Gasteiger partial charge in [0.2, 0.25) is 11.8 Å². The number of carbonyl (C=O) groups is 2. The first-order valence-corrected chi connectivity index (χ1v) is 7.90. The van der Waals surface area contributed by atoms with Gasteiger partial charge in [0.25, 0.3) is 0 Å². The average Bonchev–Trinajstić information content (AvgIpc) is 2.93. The summed E-state index contributed by atoms with van der Waals surface area (Å²) >= 11 is 0. The van der Waals surface area contributed by atoms with Crippen molar-refractivity contribution in [3.63, 3.8) is 0 Å². The molecule has 2 unspecified atom stereocenters. The van der Waals surface area contributed by atoms with Crippen LogP contribution in [0.25, 0.3) is 0 Å². The van der Waals surface area contributed by atoms with E-state index in [2.05, 4.69) is 10.6 Å². The summed E-state index contributed by atoms with van der Waals surface area (Å²) in [6.45, 7) is 4.05. The Hall–Kier alpha value is -1.59. The van der Waals surface area contributed by atoms with Gasteiger partial charge in [-0.1, -0.05) is 30.3 Å². The van der Waals surface area contributed by atoms with Crippen LogP contribution in [-0.2, 0) is 9.59 Å². The predicted molar refractivity (Wildman–Crippen MR) is 93.5 cm³/mol. The van der Waals surface area contributed by atoms with Gasteiger partial charge in [0.1, 0.15) is 0 Å². The molecule has 1 saturated heterocycles. The molecule has 2 amide bonds. The van der Waals surface area contributed by atoms with Gasteiger partial charge in [-0.3, -0.25) is 9.59 Å². The van der Waals surface area contributed by atoms with E-state index in [0.29, 0.717) is 19.5 Å². The summed E-state index contributed by atoms with van der Waals surface area (Å²) in [5.74, 6) is -0.174. The average molecular weight is 340 g/mol. The highest BCUT2D eigenvalue weighted by Gasteiger charge is 2.36. The van der Waals surface area contributed by atoms with Crippen molar-refractivity contribution in [1.82, 2.24) is 15.5 Å². The van der Waals surface area contributed by atoms with Gasteiger partial charge in [0.05, 0.1) is 12.0 Å². The second kappa shape index (κ2) is 9.53. The van der Waals surface area contributed by atoms with E-state index in [1.165, 1.54) is 0 Å². The van der Waals surface area contributed by atoms with Gasteiger partial charge in [0.15, 0.2) is 0 Å². The lowest BCUT2D eigenvalue weighted by molar-refractivity contribution is -0.130. The predicted octanol–water partition coefficient (Wildman–Crippen LogP) is 1.74.